The van der Waals surface area contributed by atoms with Gasteiger partial charge in [0.2, 0.25) is 0 Å². The minimum Gasteiger partial charge on any atom is -0.481 e. The van der Waals surface area contributed by atoms with Crippen LogP contribution < -0.4 is 4.90 Å². The Labute approximate surface area is 118 Å². The van der Waals surface area contributed by atoms with Gasteiger partial charge in [0.05, 0.1) is 6.42 Å². The Bertz CT molecular complexity index is 676. The Hall–Kier alpha value is -2.03. The molecule has 0 spiro atoms. The van der Waals surface area contributed by atoms with Gasteiger partial charge < -0.3 is 10.0 Å². The van der Waals surface area contributed by atoms with Gasteiger partial charge >= 0.3 is 5.97 Å². The standard InChI is InChI=1S/C17H19NO2/c1-17(2)11-18(10-9-15(19)20)14-8-7-12-5-3-4-6-13(12)16(14)17/h3-8H,9-11H2,1-2H3,(H,19,20). The Balaban J connectivity index is 2.10. The van der Waals surface area contributed by atoms with Crippen LogP contribution in [0.4, 0.5) is 5.69 Å². The van der Waals surface area contributed by atoms with Crippen molar-refractivity contribution in [3.05, 3.63) is 42.0 Å². The third-order valence-electron chi connectivity index (χ3n) is 4.11. The van der Waals surface area contributed by atoms with Gasteiger partial charge in [-0.25, -0.2) is 0 Å². The van der Waals surface area contributed by atoms with E-state index in [0.717, 1.165) is 6.54 Å². The summed E-state index contributed by atoms with van der Waals surface area (Å²) in [6.07, 6.45) is 0.183. The molecule has 104 valence electrons. The van der Waals surface area contributed by atoms with Crippen LogP contribution in [0.5, 0.6) is 0 Å². The maximum atomic E-state index is 10.8. The van der Waals surface area contributed by atoms with E-state index in [1.807, 2.05) is 0 Å². The molecule has 1 aliphatic rings. The normalized spacial score (nSPS) is 16.4. The lowest BCUT2D eigenvalue weighted by Crippen LogP contribution is -2.30. The van der Waals surface area contributed by atoms with Crippen molar-refractivity contribution in [2.45, 2.75) is 25.7 Å². The summed E-state index contributed by atoms with van der Waals surface area (Å²) < 4.78 is 0. The predicted octanol–water partition coefficient (Wildman–Crippen LogP) is 3.41. The quantitative estimate of drug-likeness (QED) is 0.928. The zero-order chi connectivity index (χ0) is 14.3. The van der Waals surface area contributed by atoms with Crippen LogP contribution in [0.15, 0.2) is 36.4 Å². The highest BCUT2D eigenvalue weighted by Crippen LogP contribution is 2.44. The van der Waals surface area contributed by atoms with Crippen molar-refractivity contribution >= 4 is 22.4 Å². The Morgan fingerprint density at radius 1 is 1.25 bits per heavy atom. The Kier molecular flexibility index (Phi) is 2.93. The molecule has 1 N–H and O–H groups in total. The Morgan fingerprint density at radius 3 is 2.75 bits per heavy atom. The highest BCUT2D eigenvalue weighted by molar-refractivity contribution is 5.93. The molecule has 20 heavy (non-hydrogen) atoms. The van der Waals surface area contributed by atoms with Gasteiger partial charge in [0.1, 0.15) is 0 Å². The molecule has 0 aromatic heterocycles. The van der Waals surface area contributed by atoms with Gasteiger partial charge in [-0.15, -0.1) is 0 Å². The zero-order valence-corrected chi connectivity index (χ0v) is 11.9. The van der Waals surface area contributed by atoms with Gasteiger partial charge in [-0.3, -0.25) is 4.79 Å². The van der Waals surface area contributed by atoms with Crippen LogP contribution in [0.2, 0.25) is 0 Å². The molecule has 0 atom stereocenters. The number of rotatable bonds is 3. The van der Waals surface area contributed by atoms with Crippen molar-refractivity contribution in [2.24, 2.45) is 0 Å². The number of hydrogen-bond acceptors (Lipinski definition) is 2. The highest BCUT2D eigenvalue weighted by Gasteiger charge is 2.36. The number of fused-ring (bicyclic) bond motifs is 3. The van der Waals surface area contributed by atoms with E-state index in [2.05, 4.69) is 55.1 Å². The number of aliphatic carboxylic acids is 1. The van der Waals surface area contributed by atoms with E-state index >= 15 is 0 Å². The van der Waals surface area contributed by atoms with Crippen LogP contribution in [0, 0.1) is 0 Å². The predicted molar refractivity (Wildman–Crippen MR) is 81.4 cm³/mol. The monoisotopic (exact) mass is 269 g/mol. The van der Waals surface area contributed by atoms with Crippen molar-refractivity contribution in [1.29, 1.82) is 0 Å². The van der Waals surface area contributed by atoms with Crippen LogP contribution in [-0.4, -0.2) is 24.2 Å². The van der Waals surface area contributed by atoms with E-state index in [0.29, 0.717) is 6.54 Å². The minimum absolute atomic E-state index is 0.0503. The second-order valence-corrected chi connectivity index (χ2v) is 6.13. The lowest BCUT2D eigenvalue weighted by molar-refractivity contribution is -0.136. The summed E-state index contributed by atoms with van der Waals surface area (Å²) >= 11 is 0. The molecule has 0 fully saturated rings. The van der Waals surface area contributed by atoms with Gasteiger partial charge in [-0.05, 0) is 22.4 Å². The third-order valence-corrected chi connectivity index (χ3v) is 4.11. The molecule has 0 amide bonds. The molecule has 0 radical (unpaired) electrons. The average Bonchev–Trinajstić information content (AvgIpc) is 2.68. The van der Waals surface area contributed by atoms with Gasteiger partial charge in [0, 0.05) is 24.2 Å². The fourth-order valence-corrected chi connectivity index (χ4v) is 3.31. The Morgan fingerprint density at radius 2 is 2.00 bits per heavy atom. The van der Waals surface area contributed by atoms with E-state index in [1.54, 1.807) is 0 Å². The summed E-state index contributed by atoms with van der Waals surface area (Å²) in [7, 11) is 0. The SMILES string of the molecule is CC1(C)CN(CCC(=O)O)c2ccc3ccccc3c21. The zero-order valence-electron chi connectivity index (χ0n) is 11.9. The topological polar surface area (TPSA) is 40.5 Å². The second kappa shape index (κ2) is 4.51. The van der Waals surface area contributed by atoms with Crippen LogP contribution >= 0.6 is 0 Å². The molecule has 0 aliphatic carbocycles. The molecule has 2 aromatic carbocycles. The summed E-state index contributed by atoms with van der Waals surface area (Å²) in [6.45, 7) is 5.92. The van der Waals surface area contributed by atoms with Crippen molar-refractivity contribution in [1.82, 2.24) is 0 Å². The second-order valence-electron chi connectivity index (χ2n) is 6.13. The van der Waals surface area contributed by atoms with Crippen LogP contribution in [-0.2, 0) is 10.2 Å². The van der Waals surface area contributed by atoms with E-state index in [9.17, 15) is 4.79 Å². The first-order valence-corrected chi connectivity index (χ1v) is 6.98. The molecule has 2 aromatic rings. The fraction of sp³-hybridized carbons (Fsp3) is 0.353. The fourth-order valence-electron chi connectivity index (χ4n) is 3.31. The molecule has 0 bridgehead atoms. The lowest BCUT2D eigenvalue weighted by Gasteiger charge is -2.21. The largest absolute Gasteiger partial charge is 0.481 e. The number of nitrogens with zero attached hydrogens (tertiary/aromatic N) is 1. The minimum atomic E-state index is -0.739. The van der Waals surface area contributed by atoms with Crippen LogP contribution in [0.1, 0.15) is 25.8 Å². The number of anilines is 1. The average molecular weight is 269 g/mol. The van der Waals surface area contributed by atoms with E-state index < -0.39 is 5.97 Å². The molecule has 3 nitrogen and oxygen atoms in total. The first-order valence-electron chi connectivity index (χ1n) is 6.98. The first kappa shape index (κ1) is 13.0. The molecule has 0 saturated heterocycles. The molecular weight excluding hydrogens is 250 g/mol. The van der Waals surface area contributed by atoms with Gasteiger partial charge in [0.15, 0.2) is 0 Å². The van der Waals surface area contributed by atoms with Crippen molar-refractivity contribution < 1.29 is 9.90 Å². The van der Waals surface area contributed by atoms with Crippen LogP contribution in [0.3, 0.4) is 0 Å². The molecule has 3 heteroatoms. The third kappa shape index (κ3) is 2.03. The molecule has 1 aliphatic heterocycles. The number of carbonyl (C=O) groups is 1. The summed E-state index contributed by atoms with van der Waals surface area (Å²) in [5.41, 5.74) is 2.59. The van der Waals surface area contributed by atoms with E-state index in [-0.39, 0.29) is 11.8 Å². The number of carboxylic acid groups (broad SMARTS) is 1. The highest BCUT2D eigenvalue weighted by atomic mass is 16.4. The smallest absolute Gasteiger partial charge is 0.305 e. The number of hydrogen-bond donors (Lipinski definition) is 1. The summed E-state index contributed by atoms with van der Waals surface area (Å²) in [5, 5.41) is 11.4. The number of benzene rings is 2. The molecular formula is C17H19NO2. The van der Waals surface area contributed by atoms with Gasteiger partial charge in [0.25, 0.3) is 0 Å². The maximum absolute atomic E-state index is 10.8. The summed E-state index contributed by atoms with van der Waals surface area (Å²) in [6, 6.07) is 12.7. The molecule has 0 saturated carbocycles. The van der Waals surface area contributed by atoms with Crippen molar-refractivity contribution in [2.75, 3.05) is 18.0 Å². The maximum Gasteiger partial charge on any atom is 0.305 e. The van der Waals surface area contributed by atoms with Crippen molar-refractivity contribution in [3.8, 4) is 0 Å². The van der Waals surface area contributed by atoms with Crippen molar-refractivity contribution in [3.63, 3.8) is 0 Å². The van der Waals surface area contributed by atoms with E-state index in [4.69, 9.17) is 5.11 Å². The molecule has 3 rings (SSSR count). The van der Waals surface area contributed by atoms with Gasteiger partial charge in [-0.1, -0.05) is 44.2 Å². The summed E-state index contributed by atoms with van der Waals surface area (Å²) in [4.78, 5) is 13.0. The molecule has 1 heterocycles. The lowest BCUT2D eigenvalue weighted by atomic mass is 9.84. The molecule has 0 unspecified atom stereocenters. The van der Waals surface area contributed by atoms with E-state index in [1.165, 1.54) is 22.0 Å². The summed E-state index contributed by atoms with van der Waals surface area (Å²) in [5.74, 6) is -0.739. The first-order chi connectivity index (χ1) is 9.49. The number of carboxylic acids is 1. The van der Waals surface area contributed by atoms with Gasteiger partial charge in [-0.2, -0.15) is 0 Å². The van der Waals surface area contributed by atoms with Crippen LogP contribution in [0.25, 0.3) is 10.8 Å².